The Balaban J connectivity index is 1.65. The fourth-order valence-electron chi connectivity index (χ4n) is 1.12. The molecule has 3 N–H and O–H groups in total. The maximum Gasteiger partial charge on any atom is 0.221 e. The van der Waals surface area contributed by atoms with Gasteiger partial charge in [-0.3, -0.25) is 9.89 Å². The molecule has 1 aromatic heterocycles. The third-order valence-corrected chi connectivity index (χ3v) is 3.06. The van der Waals surface area contributed by atoms with Gasteiger partial charge < -0.3 is 10.6 Å². The Morgan fingerprint density at radius 2 is 2.47 bits per heavy atom. The van der Waals surface area contributed by atoms with Gasteiger partial charge in [-0.25, -0.2) is 0 Å². The highest BCUT2D eigenvalue weighted by molar-refractivity contribution is 7.73. The summed E-state index contributed by atoms with van der Waals surface area (Å²) in [6.45, 7) is 0.592. The van der Waals surface area contributed by atoms with E-state index >= 15 is 0 Å². The molecule has 5 nitrogen and oxygen atoms in total. The maximum absolute atomic E-state index is 11.3. The molecule has 1 saturated carbocycles. The fourth-order valence-corrected chi connectivity index (χ4v) is 1.93. The van der Waals surface area contributed by atoms with Gasteiger partial charge in [-0.15, -0.1) is 5.10 Å². The van der Waals surface area contributed by atoms with Gasteiger partial charge in [-0.05, 0) is 25.1 Å². The molecule has 1 fully saturated rings. The lowest BCUT2D eigenvalue weighted by molar-refractivity contribution is -0.120. The number of aromatic nitrogens is 2. The topological polar surface area (TPSA) is 69.8 Å². The van der Waals surface area contributed by atoms with Crippen molar-refractivity contribution in [2.75, 3.05) is 11.9 Å². The molecule has 7 heteroatoms. The average molecular weight is 244 g/mol. The first-order valence-corrected chi connectivity index (χ1v) is 6.05. The molecule has 0 saturated heterocycles. The largest absolute Gasteiger partial charge is 0.360 e. The van der Waals surface area contributed by atoms with Crippen molar-refractivity contribution in [1.82, 2.24) is 15.5 Å². The van der Waals surface area contributed by atoms with Crippen molar-refractivity contribution in [1.29, 1.82) is 0 Å². The Labute approximate surface area is 96.3 Å². The van der Waals surface area contributed by atoms with Crippen LogP contribution in [0, 0.1) is 3.95 Å². The van der Waals surface area contributed by atoms with E-state index in [1.807, 2.05) is 0 Å². The number of nitrogens with one attached hydrogen (secondary N) is 3. The van der Waals surface area contributed by atoms with Crippen LogP contribution in [0.3, 0.4) is 0 Å². The molecule has 1 aliphatic carbocycles. The van der Waals surface area contributed by atoms with Crippen molar-refractivity contribution in [3.63, 3.8) is 0 Å². The summed E-state index contributed by atoms with van der Waals surface area (Å²) in [6, 6.07) is 0.435. The van der Waals surface area contributed by atoms with E-state index in [1.54, 1.807) is 0 Å². The first-order valence-electron chi connectivity index (χ1n) is 4.83. The second-order valence-corrected chi connectivity index (χ2v) is 5.10. The fraction of sp³-hybridized carbons (Fsp3) is 0.625. The highest BCUT2D eigenvalue weighted by Gasteiger charge is 2.22. The number of H-pyrrole nitrogens is 1. The summed E-state index contributed by atoms with van der Waals surface area (Å²) in [7, 11) is 0. The Bertz CT molecular complexity index is 395. The van der Waals surface area contributed by atoms with Gasteiger partial charge in [0.15, 0.2) is 3.95 Å². The average Bonchev–Trinajstić information content (AvgIpc) is 2.89. The molecular formula is C8H12N4OS2. The number of hydrogen-bond acceptors (Lipinski definition) is 5. The second-order valence-electron chi connectivity index (χ2n) is 3.44. The molecule has 1 aromatic rings. The molecule has 1 heterocycles. The molecular weight excluding hydrogens is 232 g/mol. The van der Waals surface area contributed by atoms with Crippen molar-refractivity contribution in [2.24, 2.45) is 0 Å². The van der Waals surface area contributed by atoms with Crippen LogP contribution in [0.25, 0.3) is 0 Å². The monoisotopic (exact) mass is 244 g/mol. The number of aromatic amines is 1. The summed E-state index contributed by atoms with van der Waals surface area (Å²) in [5, 5.41) is 13.3. The molecule has 0 aromatic carbocycles. The van der Waals surface area contributed by atoms with Gasteiger partial charge in [0.2, 0.25) is 11.0 Å². The molecule has 15 heavy (non-hydrogen) atoms. The van der Waals surface area contributed by atoms with Gasteiger partial charge in [0.1, 0.15) is 0 Å². The Morgan fingerprint density at radius 3 is 3.07 bits per heavy atom. The van der Waals surface area contributed by atoms with E-state index in [0.29, 0.717) is 23.0 Å². The van der Waals surface area contributed by atoms with Gasteiger partial charge in [-0.2, -0.15) is 0 Å². The van der Waals surface area contributed by atoms with Crippen LogP contribution in [-0.4, -0.2) is 28.7 Å². The van der Waals surface area contributed by atoms with Crippen LogP contribution < -0.4 is 10.6 Å². The molecule has 1 amide bonds. The van der Waals surface area contributed by atoms with E-state index in [1.165, 1.54) is 11.3 Å². The summed E-state index contributed by atoms with van der Waals surface area (Å²) in [4.78, 5) is 11.3. The molecule has 0 aliphatic heterocycles. The summed E-state index contributed by atoms with van der Waals surface area (Å²) in [6.07, 6.45) is 2.72. The Morgan fingerprint density at radius 1 is 1.67 bits per heavy atom. The standard InChI is InChI=1S/C8H12N4OS2/c13-6(10-5-1-2-5)3-4-9-7-11-12-8(14)15-7/h5H,1-4H2,(H,9,11)(H,10,13)(H,12,14). The van der Waals surface area contributed by atoms with E-state index in [-0.39, 0.29) is 5.91 Å². The maximum atomic E-state index is 11.3. The number of amides is 1. The number of nitrogens with zero attached hydrogens (tertiary/aromatic N) is 1. The van der Waals surface area contributed by atoms with Crippen molar-refractivity contribution >= 4 is 34.6 Å². The Kier molecular flexibility index (Phi) is 3.32. The van der Waals surface area contributed by atoms with E-state index in [2.05, 4.69) is 20.8 Å². The number of anilines is 1. The number of carbonyl (C=O) groups excluding carboxylic acids is 1. The summed E-state index contributed by atoms with van der Waals surface area (Å²) >= 11 is 6.25. The molecule has 0 spiro atoms. The SMILES string of the molecule is O=C(CCNc1n[nH]c(=S)s1)NC1CC1. The van der Waals surface area contributed by atoms with Crippen molar-refractivity contribution in [3.8, 4) is 0 Å². The Hall–Kier alpha value is -0.950. The molecule has 82 valence electrons. The third-order valence-electron chi connectivity index (χ3n) is 2.01. The predicted octanol–water partition coefficient (Wildman–Crippen LogP) is 1.28. The minimum Gasteiger partial charge on any atom is -0.360 e. The molecule has 0 unspecified atom stereocenters. The van der Waals surface area contributed by atoms with Crippen LogP contribution in [0.5, 0.6) is 0 Å². The third kappa shape index (κ3) is 3.60. The zero-order valence-corrected chi connectivity index (χ0v) is 9.71. The lowest BCUT2D eigenvalue weighted by Gasteiger charge is -2.03. The van der Waals surface area contributed by atoms with Crippen LogP contribution in [-0.2, 0) is 4.79 Å². The normalized spacial score (nSPS) is 14.9. The molecule has 0 atom stereocenters. The van der Waals surface area contributed by atoms with Crippen LogP contribution >= 0.6 is 23.6 Å². The zero-order chi connectivity index (χ0) is 10.7. The number of rotatable bonds is 5. The van der Waals surface area contributed by atoms with Gasteiger partial charge in [-0.1, -0.05) is 11.3 Å². The molecule has 0 bridgehead atoms. The van der Waals surface area contributed by atoms with Crippen molar-refractivity contribution in [3.05, 3.63) is 3.95 Å². The van der Waals surface area contributed by atoms with Crippen LogP contribution in [0.4, 0.5) is 5.13 Å². The first-order chi connectivity index (χ1) is 7.24. The van der Waals surface area contributed by atoms with Crippen LogP contribution in [0.1, 0.15) is 19.3 Å². The second kappa shape index (κ2) is 4.71. The molecule has 0 radical (unpaired) electrons. The van der Waals surface area contributed by atoms with Crippen LogP contribution in [0.15, 0.2) is 0 Å². The molecule has 1 aliphatic rings. The number of carbonyl (C=O) groups is 1. The van der Waals surface area contributed by atoms with Gasteiger partial charge >= 0.3 is 0 Å². The lowest BCUT2D eigenvalue weighted by Crippen LogP contribution is -2.27. The quantitative estimate of drug-likeness (QED) is 0.682. The van der Waals surface area contributed by atoms with E-state index in [4.69, 9.17) is 12.2 Å². The van der Waals surface area contributed by atoms with Gasteiger partial charge in [0, 0.05) is 19.0 Å². The first kappa shape index (κ1) is 10.6. The predicted molar refractivity (Wildman–Crippen MR) is 61.6 cm³/mol. The van der Waals surface area contributed by atoms with E-state index in [0.717, 1.165) is 18.0 Å². The van der Waals surface area contributed by atoms with Crippen molar-refractivity contribution < 1.29 is 4.79 Å². The highest BCUT2D eigenvalue weighted by atomic mass is 32.1. The summed E-state index contributed by atoms with van der Waals surface area (Å²) < 4.78 is 0.639. The van der Waals surface area contributed by atoms with E-state index in [9.17, 15) is 4.79 Å². The summed E-state index contributed by atoms with van der Waals surface area (Å²) in [5.41, 5.74) is 0. The van der Waals surface area contributed by atoms with Crippen LogP contribution in [0.2, 0.25) is 0 Å². The minimum absolute atomic E-state index is 0.101. The smallest absolute Gasteiger partial charge is 0.221 e. The molecule has 2 rings (SSSR count). The summed E-state index contributed by atoms with van der Waals surface area (Å²) in [5.74, 6) is 0.101. The van der Waals surface area contributed by atoms with Crippen molar-refractivity contribution in [2.45, 2.75) is 25.3 Å². The zero-order valence-electron chi connectivity index (χ0n) is 8.08. The lowest BCUT2D eigenvalue weighted by atomic mass is 10.4. The van der Waals surface area contributed by atoms with E-state index < -0.39 is 0 Å². The minimum atomic E-state index is 0.101. The highest BCUT2D eigenvalue weighted by Crippen LogP contribution is 2.18. The number of hydrogen-bond donors (Lipinski definition) is 3. The van der Waals surface area contributed by atoms with Gasteiger partial charge in [0.05, 0.1) is 0 Å². The van der Waals surface area contributed by atoms with Gasteiger partial charge in [0.25, 0.3) is 0 Å².